The molecule has 1 unspecified atom stereocenters. The molecule has 0 aliphatic carbocycles. The fourth-order valence-electron chi connectivity index (χ4n) is 2.80. The average molecular weight is 304 g/mol. The van der Waals surface area contributed by atoms with Crippen molar-refractivity contribution < 1.29 is 4.79 Å². The molecule has 1 saturated heterocycles. The van der Waals surface area contributed by atoms with Gasteiger partial charge in [0.25, 0.3) is 5.91 Å². The molecule has 0 saturated carbocycles. The van der Waals surface area contributed by atoms with E-state index >= 15 is 0 Å². The van der Waals surface area contributed by atoms with Crippen LogP contribution in [0.5, 0.6) is 0 Å². The molecule has 1 aliphatic rings. The number of aromatic nitrogens is 2. The molecule has 6 heteroatoms. The highest BCUT2D eigenvalue weighted by molar-refractivity contribution is 7.21. The van der Waals surface area contributed by atoms with Crippen LogP contribution < -0.4 is 5.73 Å². The van der Waals surface area contributed by atoms with E-state index in [-0.39, 0.29) is 11.3 Å². The lowest BCUT2D eigenvalue weighted by Gasteiger charge is -2.26. The number of thiophene rings is 1. The number of rotatable bonds is 1. The van der Waals surface area contributed by atoms with Crippen molar-refractivity contribution in [3.05, 3.63) is 17.3 Å². The van der Waals surface area contributed by atoms with Gasteiger partial charge in [-0.25, -0.2) is 9.97 Å². The van der Waals surface area contributed by atoms with Crippen LogP contribution in [-0.2, 0) is 0 Å². The van der Waals surface area contributed by atoms with Crippen LogP contribution in [0.15, 0.2) is 12.4 Å². The zero-order chi connectivity index (χ0) is 15.2. The smallest absolute Gasteiger partial charge is 0.266 e. The Labute approximate surface area is 128 Å². The normalized spacial score (nSPS) is 19.4. The van der Waals surface area contributed by atoms with E-state index in [1.165, 1.54) is 11.3 Å². The number of nitrogen functional groups attached to an aromatic ring is 1. The molecule has 5 nitrogen and oxygen atoms in total. The fraction of sp³-hybridized carbons (Fsp3) is 0.533. The van der Waals surface area contributed by atoms with E-state index in [2.05, 4.69) is 30.7 Å². The molecule has 3 rings (SSSR count). The van der Waals surface area contributed by atoms with Crippen LogP contribution in [0.2, 0.25) is 0 Å². The summed E-state index contributed by atoms with van der Waals surface area (Å²) in [6.45, 7) is 8.29. The molecule has 0 spiro atoms. The van der Waals surface area contributed by atoms with Crippen LogP contribution in [0.25, 0.3) is 10.3 Å². The Balaban J connectivity index is 1.87. The lowest BCUT2D eigenvalue weighted by Crippen LogP contribution is -2.31. The SMILES string of the molecule is CC(C)(C)C1CCN(C(=O)c2sc3nccnc3c2N)C1. The highest BCUT2D eigenvalue weighted by Crippen LogP contribution is 2.36. The lowest BCUT2D eigenvalue weighted by molar-refractivity contribution is 0.0782. The van der Waals surface area contributed by atoms with E-state index < -0.39 is 0 Å². The summed E-state index contributed by atoms with van der Waals surface area (Å²) in [5, 5.41) is 0. The number of hydrogen-bond donors (Lipinski definition) is 1. The van der Waals surface area contributed by atoms with Gasteiger partial charge in [-0.3, -0.25) is 4.79 Å². The van der Waals surface area contributed by atoms with Gasteiger partial charge >= 0.3 is 0 Å². The van der Waals surface area contributed by atoms with Crippen molar-refractivity contribution in [3.8, 4) is 0 Å². The van der Waals surface area contributed by atoms with Gasteiger partial charge in [-0.05, 0) is 17.8 Å². The number of amides is 1. The Morgan fingerprint density at radius 1 is 1.38 bits per heavy atom. The number of carbonyl (C=O) groups is 1. The Bertz CT molecular complexity index is 689. The monoisotopic (exact) mass is 304 g/mol. The highest BCUT2D eigenvalue weighted by atomic mass is 32.1. The number of hydrogen-bond acceptors (Lipinski definition) is 5. The molecule has 0 radical (unpaired) electrons. The predicted molar refractivity (Wildman–Crippen MR) is 85.3 cm³/mol. The molecule has 0 aromatic carbocycles. The summed E-state index contributed by atoms with van der Waals surface area (Å²) in [6.07, 6.45) is 4.28. The molecular weight excluding hydrogens is 284 g/mol. The molecule has 1 atom stereocenters. The maximum atomic E-state index is 12.7. The first kappa shape index (κ1) is 14.3. The second-order valence-electron chi connectivity index (χ2n) is 6.66. The molecule has 1 aliphatic heterocycles. The third-order valence-electron chi connectivity index (χ3n) is 4.26. The quantitative estimate of drug-likeness (QED) is 0.879. The number of nitrogens with zero attached hydrogens (tertiary/aromatic N) is 3. The number of nitrogens with two attached hydrogens (primary N) is 1. The third kappa shape index (κ3) is 2.48. The zero-order valence-electron chi connectivity index (χ0n) is 12.6. The van der Waals surface area contributed by atoms with E-state index in [0.717, 1.165) is 24.3 Å². The van der Waals surface area contributed by atoms with Gasteiger partial charge in [0.05, 0.1) is 5.69 Å². The standard InChI is InChI=1S/C15H20N4OS/c1-15(2,3)9-4-7-19(8-9)14(20)12-10(16)11-13(21-12)18-6-5-17-11/h5-6,9H,4,7-8,16H2,1-3H3. The van der Waals surface area contributed by atoms with Crippen molar-refractivity contribution in [1.29, 1.82) is 0 Å². The van der Waals surface area contributed by atoms with Crippen LogP contribution >= 0.6 is 11.3 Å². The van der Waals surface area contributed by atoms with Gasteiger partial charge in [0.1, 0.15) is 15.2 Å². The molecule has 3 heterocycles. The van der Waals surface area contributed by atoms with Crippen molar-refractivity contribution >= 4 is 33.3 Å². The Kier molecular flexibility index (Phi) is 3.36. The number of carbonyl (C=O) groups excluding carboxylic acids is 1. The van der Waals surface area contributed by atoms with E-state index in [1.54, 1.807) is 12.4 Å². The molecule has 2 aromatic rings. The maximum Gasteiger partial charge on any atom is 0.266 e. The Morgan fingerprint density at radius 2 is 2.10 bits per heavy atom. The highest BCUT2D eigenvalue weighted by Gasteiger charge is 2.35. The fourth-order valence-corrected chi connectivity index (χ4v) is 3.79. The van der Waals surface area contributed by atoms with Crippen LogP contribution in [0, 0.1) is 11.3 Å². The van der Waals surface area contributed by atoms with Crippen LogP contribution in [0.4, 0.5) is 5.69 Å². The van der Waals surface area contributed by atoms with Crippen molar-refractivity contribution in [3.63, 3.8) is 0 Å². The molecular formula is C15H20N4OS. The topological polar surface area (TPSA) is 72.1 Å². The van der Waals surface area contributed by atoms with Gasteiger partial charge in [0, 0.05) is 25.5 Å². The van der Waals surface area contributed by atoms with Crippen molar-refractivity contribution in [1.82, 2.24) is 14.9 Å². The number of likely N-dealkylation sites (tertiary alicyclic amines) is 1. The summed E-state index contributed by atoms with van der Waals surface area (Å²) in [5.41, 5.74) is 7.42. The zero-order valence-corrected chi connectivity index (χ0v) is 13.4. The second-order valence-corrected chi connectivity index (χ2v) is 7.66. The first-order valence-electron chi connectivity index (χ1n) is 7.16. The molecule has 1 amide bonds. The van der Waals surface area contributed by atoms with Crippen LogP contribution in [0.1, 0.15) is 36.9 Å². The van der Waals surface area contributed by atoms with E-state index in [9.17, 15) is 4.79 Å². The summed E-state index contributed by atoms with van der Waals surface area (Å²) in [4.78, 5) is 24.4. The number of anilines is 1. The first-order valence-corrected chi connectivity index (χ1v) is 7.98. The summed E-state index contributed by atoms with van der Waals surface area (Å²) < 4.78 is 0. The van der Waals surface area contributed by atoms with Crippen LogP contribution in [0.3, 0.4) is 0 Å². The molecule has 2 N–H and O–H groups in total. The number of fused-ring (bicyclic) bond motifs is 1. The molecule has 1 fully saturated rings. The van der Waals surface area contributed by atoms with Gasteiger partial charge in [0.15, 0.2) is 0 Å². The van der Waals surface area contributed by atoms with Crippen LogP contribution in [-0.4, -0.2) is 33.9 Å². The van der Waals surface area contributed by atoms with Gasteiger partial charge in [0.2, 0.25) is 0 Å². The van der Waals surface area contributed by atoms with Gasteiger partial charge in [-0.15, -0.1) is 11.3 Å². The minimum atomic E-state index is 0.0176. The summed E-state index contributed by atoms with van der Waals surface area (Å²) in [7, 11) is 0. The van der Waals surface area contributed by atoms with Crippen molar-refractivity contribution in [2.24, 2.45) is 11.3 Å². The van der Waals surface area contributed by atoms with Gasteiger partial charge < -0.3 is 10.6 Å². The molecule has 112 valence electrons. The molecule has 0 bridgehead atoms. The van der Waals surface area contributed by atoms with Gasteiger partial charge in [-0.1, -0.05) is 20.8 Å². The summed E-state index contributed by atoms with van der Waals surface area (Å²) >= 11 is 1.34. The minimum absolute atomic E-state index is 0.0176. The van der Waals surface area contributed by atoms with E-state index in [0.29, 0.717) is 22.0 Å². The summed E-state index contributed by atoms with van der Waals surface area (Å²) in [6, 6.07) is 0. The largest absolute Gasteiger partial charge is 0.396 e. The van der Waals surface area contributed by atoms with E-state index in [1.807, 2.05) is 4.90 Å². The van der Waals surface area contributed by atoms with Crippen molar-refractivity contribution in [2.75, 3.05) is 18.8 Å². The molecule has 21 heavy (non-hydrogen) atoms. The first-order chi connectivity index (χ1) is 9.88. The predicted octanol–water partition coefficient (Wildman–Crippen LogP) is 2.78. The lowest BCUT2D eigenvalue weighted by atomic mass is 9.80. The van der Waals surface area contributed by atoms with E-state index in [4.69, 9.17) is 5.73 Å². The molecule has 2 aromatic heterocycles. The van der Waals surface area contributed by atoms with Gasteiger partial charge in [-0.2, -0.15) is 0 Å². The third-order valence-corrected chi connectivity index (χ3v) is 5.35. The Hall–Kier alpha value is -1.69. The Morgan fingerprint density at radius 3 is 2.71 bits per heavy atom. The second kappa shape index (κ2) is 4.94. The average Bonchev–Trinajstić information content (AvgIpc) is 3.04. The minimum Gasteiger partial charge on any atom is -0.396 e. The van der Waals surface area contributed by atoms with Crippen molar-refractivity contribution in [2.45, 2.75) is 27.2 Å². The maximum absolute atomic E-state index is 12.7. The summed E-state index contributed by atoms with van der Waals surface area (Å²) in [5.74, 6) is 0.553.